The van der Waals surface area contributed by atoms with Gasteiger partial charge >= 0.3 is 0 Å². The molecule has 0 spiro atoms. The topological polar surface area (TPSA) is 61.4 Å². The van der Waals surface area contributed by atoms with E-state index in [9.17, 15) is 9.18 Å². The van der Waals surface area contributed by atoms with Crippen molar-refractivity contribution in [3.63, 3.8) is 0 Å². The van der Waals surface area contributed by atoms with Crippen LogP contribution < -0.4 is 15.1 Å². The summed E-state index contributed by atoms with van der Waals surface area (Å²) in [6.45, 7) is 7.38. The monoisotopic (exact) mass is 451 g/mol. The van der Waals surface area contributed by atoms with Crippen molar-refractivity contribution in [1.82, 2.24) is 10.2 Å². The molecule has 3 aromatic rings. The lowest BCUT2D eigenvalue weighted by atomic mass is 10.1. The predicted octanol–water partition coefficient (Wildman–Crippen LogP) is 4.29. The number of nitrogens with zero attached hydrogens (tertiary/aromatic N) is 4. The van der Waals surface area contributed by atoms with Crippen LogP contribution in [0.3, 0.4) is 0 Å². The Balaban J connectivity index is 1.25. The van der Waals surface area contributed by atoms with Crippen LogP contribution in [0.2, 0.25) is 0 Å². The zero-order valence-corrected chi connectivity index (χ0v) is 19.0. The Bertz CT molecular complexity index is 1070. The minimum absolute atomic E-state index is 0.0685. The van der Waals surface area contributed by atoms with E-state index in [0.29, 0.717) is 5.03 Å². The van der Waals surface area contributed by atoms with Crippen LogP contribution in [0.25, 0.3) is 0 Å². The minimum Gasteiger partial charge on any atom is -0.368 e. The summed E-state index contributed by atoms with van der Waals surface area (Å²) >= 11 is 1.37. The van der Waals surface area contributed by atoms with E-state index in [2.05, 4.69) is 25.3 Å². The molecule has 8 heteroatoms. The average molecular weight is 452 g/mol. The number of amides is 1. The van der Waals surface area contributed by atoms with Gasteiger partial charge in [-0.05, 0) is 73.5 Å². The van der Waals surface area contributed by atoms with Gasteiger partial charge in [-0.1, -0.05) is 17.8 Å². The largest absolute Gasteiger partial charge is 0.368 e. The number of benzene rings is 2. The molecule has 1 fully saturated rings. The van der Waals surface area contributed by atoms with Gasteiger partial charge in [-0.3, -0.25) is 4.79 Å². The molecule has 1 aliphatic rings. The van der Waals surface area contributed by atoms with Crippen LogP contribution in [-0.2, 0) is 4.79 Å². The summed E-state index contributed by atoms with van der Waals surface area (Å²) in [4.78, 5) is 16.7. The molecule has 2 heterocycles. The second kappa shape index (κ2) is 9.99. The number of thioether (sulfide) groups is 1. The summed E-state index contributed by atoms with van der Waals surface area (Å²) in [5.41, 5.74) is 4.18. The van der Waals surface area contributed by atoms with Crippen LogP contribution in [-0.4, -0.2) is 48.0 Å². The van der Waals surface area contributed by atoms with Crippen molar-refractivity contribution in [2.75, 3.05) is 47.0 Å². The molecule has 1 amide bonds. The van der Waals surface area contributed by atoms with E-state index in [1.165, 1.54) is 29.5 Å². The van der Waals surface area contributed by atoms with E-state index < -0.39 is 0 Å². The molecule has 1 aromatic heterocycles. The Morgan fingerprint density at radius 3 is 2.31 bits per heavy atom. The molecule has 6 nitrogen and oxygen atoms in total. The van der Waals surface area contributed by atoms with Crippen LogP contribution in [0.4, 0.5) is 21.6 Å². The molecule has 1 aliphatic heterocycles. The van der Waals surface area contributed by atoms with E-state index in [1.807, 2.05) is 56.3 Å². The highest BCUT2D eigenvalue weighted by Crippen LogP contribution is 2.22. The maximum atomic E-state index is 13.1. The number of piperazine rings is 1. The number of hydrogen-bond acceptors (Lipinski definition) is 6. The fourth-order valence-electron chi connectivity index (χ4n) is 3.56. The van der Waals surface area contributed by atoms with Crippen molar-refractivity contribution in [3.05, 3.63) is 71.5 Å². The first-order valence-electron chi connectivity index (χ1n) is 10.6. The van der Waals surface area contributed by atoms with Gasteiger partial charge in [-0.2, -0.15) is 0 Å². The van der Waals surface area contributed by atoms with Gasteiger partial charge in [0, 0.05) is 37.6 Å². The summed E-state index contributed by atoms with van der Waals surface area (Å²) in [7, 11) is 0. The SMILES string of the molecule is Cc1ccc(NC(=O)CSc2ccc(N3CCN(c4ccc(F)cc4)CC3)nn2)cc1C. The van der Waals surface area contributed by atoms with E-state index in [1.54, 1.807) is 0 Å². The molecule has 0 atom stereocenters. The fraction of sp³-hybridized carbons (Fsp3) is 0.292. The normalized spacial score (nSPS) is 13.8. The molecule has 32 heavy (non-hydrogen) atoms. The van der Waals surface area contributed by atoms with Gasteiger partial charge in [-0.25, -0.2) is 4.39 Å². The third-order valence-corrected chi connectivity index (χ3v) is 6.48. The average Bonchev–Trinajstić information content (AvgIpc) is 2.81. The highest BCUT2D eigenvalue weighted by atomic mass is 32.2. The minimum atomic E-state index is -0.219. The molecular formula is C24H26FN5OS. The van der Waals surface area contributed by atoms with Crippen molar-refractivity contribution in [2.45, 2.75) is 18.9 Å². The zero-order valence-electron chi connectivity index (χ0n) is 18.2. The van der Waals surface area contributed by atoms with E-state index in [0.717, 1.165) is 48.9 Å². The number of hydrogen-bond donors (Lipinski definition) is 1. The molecule has 2 aromatic carbocycles. The molecule has 4 rings (SSSR count). The molecule has 0 unspecified atom stereocenters. The Morgan fingerprint density at radius 2 is 1.66 bits per heavy atom. The Morgan fingerprint density at radius 1 is 0.938 bits per heavy atom. The first-order chi connectivity index (χ1) is 15.5. The smallest absolute Gasteiger partial charge is 0.234 e. The maximum absolute atomic E-state index is 13.1. The Hall–Kier alpha value is -3.13. The second-order valence-electron chi connectivity index (χ2n) is 7.82. The van der Waals surface area contributed by atoms with Crippen LogP contribution in [0.5, 0.6) is 0 Å². The number of aromatic nitrogens is 2. The lowest BCUT2D eigenvalue weighted by molar-refractivity contribution is -0.113. The molecule has 0 bridgehead atoms. The zero-order chi connectivity index (χ0) is 22.5. The molecule has 0 saturated carbocycles. The Kier molecular flexibility index (Phi) is 6.90. The lowest BCUT2D eigenvalue weighted by Gasteiger charge is -2.36. The van der Waals surface area contributed by atoms with Crippen molar-refractivity contribution in [3.8, 4) is 0 Å². The van der Waals surface area contributed by atoms with Crippen LogP contribution in [0, 0.1) is 19.7 Å². The molecule has 0 aliphatic carbocycles. The van der Waals surface area contributed by atoms with Crippen molar-refractivity contribution >= 4 is 34.9 Å². The quantitative estimate of drug-likeness (QED) is 0.564. The van der Waals surface area contributed by atoms with Gasteiger partial charge in [0.05, 0.1) is 5.75 Å². The third-order valence-electron chi connectivity index (χ3n) is 5.56. The third kappa shape index (κ3) is 5.56. The molecular weight excluding hydrogens is 425 g/mol. The number of carbonyl (C=O) groups excluding carboxylic acids is 1. The van der Waals surface area contributed by atoms with Crippen molar-refractivity contribution in [2.24, 2.45) is 0 Å². The summed E-state index contributed by atoms with van der Waals surface area (Å²) in [5.74, 6) is 0.814. The van der Waals surface area contributed by atoms with E-state index >= 15 is 0 Å². The summed E-state index contributed by atoms with van der Waals surface area (Å²) < 4.78 is 13.1. The number of carbonyl (C=O) groups is 1. The number of rotatable bonds is 6. The number of halogens is 1. The maximum Gasteiger partial charge on any atom is 0.234 e. The van der Waals surface area contributed by atoms with Crippen LogP contribution >= 0.6 is 11.8 Å². The van der Waals surface area contributed by atoms with Gasteiger partial charge < -0.3 is 15.1 Å². The van der Waals surface area contributed by atoms with Gasteiger partial charge in [0.25, 0.3) is 0 Å². The molecule has 166 valence electrons. The Labute approximate surface area is 191 Å². The number of aryl methyl sites for hydroxylation is 2. The van der Waals surface area contributed by atoms with Gasteiger partial charge in [0.15, 0.2) is 5.82 Å². The first kappa shape index (κ1) is 22.1. The van der Waals surface area contributed by atoms with Crippen molar-refractivity contribution in [1.29, 1.82) is 0 Å². The summed E-state index contributed by atoms with van der Waals surface area (Å²) in [5, 5.41) is 12.3. The van der Waals surface area contributed by atoms with Crippen molar-refractivity contribution < 1.29 is 9.18 Å². The van der Waals surface area contributed by atoms with Crippen LogP contribution in [0.15, 0.2) is 59.6 Å². The number of anilines is 3. The number of nitrogens with one attached hydrogen (secondary N) is 1. The highest BCUT2D eigenvalue weighted by Gasteiger charge is 2.19. The summed E-state index contributed by atoms with van der Waals surface area (Å²) in [6.07, 6.45) is 0. The summed E-state index contributed by atoms with van der Waals surface area (Å²) in [6, 6.07) is 16.4. The van der Waals surface area contributed by atoms with E-state index in [4.69, 9.17) is 0 Å². The lowest BCUT2D eigenvalue weighted by Crippen LogP contribution is -2.46. The molecule has 1 N–H and O–H groups in total. The van der Waals surface area contributed by atoms with Gasteiger partial charge in [-0.15, -0.1) is 10.2 Å². The van der Waals surface area contributed by atoms with Crippen LogP contribution in [0.1, 0.15) is 11.1 Å². The molecule has 0 radical (unpaired) electrons. The predicted molar refractivity (Wildman–Crippen MR) is 128 cm³/mol. The molecule has 1 saturated heterocycles. The highest BCUT2D eigenvalue weighted by molar-refractivity contribution is 7.99. The van der Waals surface area contributed by atoms with E-state index in [-0.39, 0.29) is 17.5 Å². The van der Waals surface area contributed by atoms with Gasteiger partial charge in [0.1, 0.15) is 10.8 Å². The first-order valence-corrected chi connectivity index (χ1v) is 11.6. The van der Waals surface area contributed by atoms with Gasteiger partial charge in [0.2, 0.25) is 5.91 Å². The second-order valence-corrected chi connectivity index (χ2v) is 8.81. The standard InChI is InChI=1S/C24H26FN5OS/c1-17-3-6-20(15-18(17)2)26-23(31)16-32-24-10-9-22(27-28-24)30-13-11-29(12-14-30)21-7-4-19(25)5-8-21/h3-10,15H,11-14,16H2,1-2H3,(H,26,31). The fourth-order valence-corrected chi connectivity index (χ4v) is 4.17.